The van der Waals surface area contributed by atoms with Crippen molar-refractivity contribution in [1.29, 1.82) is 0 Å². The van der Waals surface area contributed by atoms with Gasteiger partial charge in [0.05, 0.1) is 12.0 Å². The van der Waals surface area contributed by atoms with Crippen LogP contribution in [-0.4, -0.2) is 12.1 Å². The van der Waals surface area contributed by atoms with Gasteiger partial charge in [-0.1, -0.05) is 27.2 Å². The maximum atomic E-state index is 11.0. The molecule has 0 saturated carbocycles. The van der Waals surface area contributed by atoms with Crippen LogP contribution in [0.4, 0.5) is 0 Å². The summed E-state index contributed by atoms with van der Waals surface area (Å²) in [6, 6.07) is 0. The molecule has 0 amide bonds. The average molecular weight is 158 g/mol. The van der Waals surface area contributed by atoms with E-state index in [1.807, 2.05) is 20.8 Å². The number of carbonyl (C=O) groups excluding carboxylic acids is 1. The summed E-state index contributed by atoms with van der Waals surface area (Å²) in [5.41, 5.74) is 0. The minimum atomic E-state index is -0.0917. The first kappa shape index (κ1) is 10.5. The van der Waals surface area contributed by atoms with Gasteiger partial charge in [-0.25, -0.2) is 0 Å². The fourth-order valence-electron chi connectivity index (χ4n) is 0.800. The SMILES string of the molecule is CCC[C@@H](C)OC(=O)C(C)C. The van der Waals surface area contributed by atoms with Crippen molar-refractivity contribution in [3.63, 3.8) is 0 Å². The molecule has 0 aromatic heterocycles. The highest BCUT2D eigenvalue weighted by Gasteiger charge is 2.11. The van der Waals surface area contributed by atoms with Crippen molar-refractivity contribution in [3.05, 3.63) is 0 Å². The van der Waals surface area contributed by atoms with E-state index in [1.54, 1.807) is 0 Å². The van der Waals surface area contributed by atoms with Crippen LogP contribution in [0.25, 0.3) is 0 Å². The van der Waals surface area contributed by atoms with E-state index in [0.717, 1.165) is 12.8 Å². The molecule has 0 aromatic carbocycles. The molecule has 1 atom stereocenters. The van der Waals surface area contributed by atoms with Gasteiger partial charge in [0.25, 0.3) is 0 Å². The van der Waals surface area contributed by atoms with Crippen molar-refractivity contribution >= 4 is 5.97 Å². The first-order chi connectivity index (χ1) is 5.07. The lowest BCUT2D eigenvalue weighted by Crippen LogP contribution is -2.18. The summed E-state index contributed by atoms with van der Waals surface area (Å²) < 4.78 is 5.11. The Morgan fingerprint density at radius 2 is 1.91 bits per heavy atom. The third-order valence-electron chi connectivity index (χ3n) is 1.48. The van der Waals surface area contributed by atoms with Crippen molar-refractivity contribution < 1.29 is 9.53 Å². The van der Waals surface area contributed by atoms with Crippen molar-refractivity contribution in [3.8, 4) is 0 Å². The van der Waals surface area contributed by atoms with Crippen molar-refractivity contribution in [2.75, 3.05) is 0 Å². The van der Waals surface area contributed by atoms with Crippen molar-refractivity contribution in [2.45, 2.75) is 46.6 Å². The quantitative estimate of drug-likeness (QED) is 0.587. The van der Waals surface area contributed by atoms with Gasteiger partial charge in [-0.05, 0) is 13.3 Å². The molecule has 0 rings (SSSR count). The van der Waals surface area contributed by atoms with Crippen LogP contribution in [0.1, 0.15) is 40.5 Å². The van der Waals surface area contributed by atoms with Crippen LogP contribution in [-0.2, 0) is 9.53 Å². The molecule has 0 saturated heterocycles. The largest absolute Gasteiger partial charge is 0.462 e. The van der Waals surface area contributed by atoms with Crippen LogP contribution in [0.5, 0.6) is 0 Å². The van der Waals surface area contributed by atoms with Gasteiger partial charge in [-0.2, -0.15) is 0 Å². The molecule has 0 spiro atoms. The van der Waals surface area contributed by atoms with E-state index in [0.29, 0.717) is 0 Å². The highest BCUT2D eigenvalue weighted by Crippen LogP contribution is 2.04. The third kappa shape index (κ3) is 4.82. The highest BCUT2D eigenvalue weighted by atomic mass is 16.5. The second-order valence-electron chi connectivity index (χ2n) is 3.19. The number of carbonyl (C=O) groups is 1. The van der Waals surface area contributed by atoms with Crippen molar-refractivity contribution in [2.24, 2.45) is 5.92 Å². The van der Waals surface area contributed by atoms with Crippen LogP contribution in [0, 0.1) is 5.92 Å². The summed E-state index contributed by atoms with van der Waals surface area (Å²) in [7, 11) is 0. The summed E-state index contributed by atoms with van der Waals surface area (Å²) >= 11 is 0. The molecule has 0 aliphatic rings. The molecule has 0 aromatic rings. The standard InChI is InChI=1S/C9H18O2/c1-5-6-8(4)11-9(10)7(2)3/h7-8H,5-6H2,1-4H3/t8-/m1/s1. The Balaban J connectivity index is 3.57. The van der Waals surface area contributed by atoms with Crippen LogP contribution >= 0.6 is 0 Å². The molecule has 0 aliphatic carbocycles. The molecule has 0 bridgehead atoms. The van der Waals surface area contributed by atoms with E-state index in [4.69, 9.17) is 4.74 Å². The smallest absolute Gasteiger partial charge is 0.308 e. The van der Waals surface area contributed by atoms with Crippen LogP contribution in [0.2, 0.25) is 0 Å². The molecular weight excluding hydrogens is 140 g/mol. The second kappa shape index (κ2) is 5.16. The number of hydrogen-bond acceptors (Lipinski definition) is 2. The summed E-state index contributed by atoms with van der Waals surface area (Å²) in [5, 5.41) is 0. The fraction of sp³-hybridized carbons (Fsp3) is 0.889. The predicted octanol–water partition coefficient (Wildman–Crippen LogP) is 2.37. The molecular formula is C9H18O2. The minimum Gasteiger partial charge on any atom is -0.462 e. The summed E-state index contributed by atoms with van der Waals surface area (Å²) in [6.07, 6.45) is 2.10. The third-order valence-corrected chi connectivity index (χ3v) is 1.48. The van der Waals surface area contributed by atoms with Crippen molar-refractivity contribution in [1.82, 2.24) is 0 Å². The maximum absolute atomic E-state index is 11.0. The van der Waals surface area contributed by atoms with E-state index in [2.05, 4.69) is 6.92 Å². The molecule has 66 valence electrons. The fourth-order valence-corrected chi connectivity index (χ4v) is 0.800. The Hall–Kier alpha value is -0.530. The zero-order valence-electron chi connectivity index (χ0n) is 7.89. The van der Waals surface area contributed by atoms with Gasteiger partial charge in [-0.3, -0.25) is 4.79 Å². The maximum Gasteiger partial charge on any atom is 0.308 e. The number of rotatable bonds is 4. The lowest BCUT2D eigenvalue weighted by atomic mass is 10.2. The molecule has 0 heterocycles. The number of ether oxygens (including phenoxy) is 1. The van der Waals surface area contributed by atoms with E-state index in [-0.39, 0.29) is 18.0 Å². The minimum absolute atomic E-state index is 0.00527. The van der Waals surface area contributed by atoms with Gasteiger partial charge in [0.1, 0.15) is 0 Å². The molecule has 0 fully saturated rings. The number of hydrogen-bond donors (Lipinski definition) is 0. The molecule has 0 radical (unpaired) electrons. The Kier molecular flexibility index (Phi) is 4.92. The Morgan fingerprint density at radius 1 is 1.36 bits per heavy atom. The Bertz CT molecular complexity index is 119. The van der Waals surface area contributed by atoms with E-state index < -0.39 is 0 Å². The molecule has 0 N–H and O–H groups in total. The van der Waals surface area contributed by atoms with E-state index >= 15 is 0 Å². The predicted molar refractivity (Wildman–Crippen MR) is 45.3 cm³/mol. The average Bonchev–Trinajstić information content (AvgIpc) is 1.87. The summed E-state index contributed by atoms with van der Waals surface area (Å²) in [5.74, 6) is -0.0970. The van der Waals surface area contributed by atoms with Gasteiger partial charge < -0.3 is 4.74 Å². The van der Waals surface area contributed by atoms with Gasteiger partial charge in [0.15, 0.2) is 0 Å². The second-order valence-corrected chi connectivity index (χ2v) is 3.19. The zero-order chi connectivity index (χ0) is 8.85. The molecule has 0 aliphatic heterocycles. The normalized spacial score (nSPS) is 13.2. The Labute approximate surface area is 68.9 Å². The lowest BCUT2D eigenvalue weighted by Gasteiger charge is -2.13. The summed E-state index contributed by atoms with van der Waals surface area (Å²) in [6.45, 7) is 7.71. The highest BCUT2D eigenvalue weighted by molar-refractivity contribution is 5.71. The Morgan fingerprint density at radius 3 is 2.27 bits per heavy atom. The zero-order valence-corrected chi connectivity index (χ0v) is 7.89. The number of esters is 1. The van der Waals surface area contributed by atoms with Gasteiger partial charge in [-0.15, -0.1) is 0 Å². The van der Waals surface area contributed by atoms with Gasteiger partial charge >= 0.3 is 5.97 Å². The van der Waals surface area contributed by atoms with Crippen LogP contribution in [0.3, 0.4) is 0 Å². The summed E-state index contributed by atoms with van der Waals surface area (Å²) in [4.78, 5) is 11.0. The first-order valence-electron chi connectivity index (χ1n) is 4.28. The molecule has 2 heteroatoms. The first-order valence-corrected chi connectivity index (χ1v) is 4.28. The lowest BCUT2D eigenvalue weighted by molar-refractivity contribution is -0.152. The molecule has 0 unspecified atom stereocenters. The van der Waals surface area contributed by atoms with E-state index in [1.165, 1.54) is 0 Å². The molecule has 11 heavy (non-hydrogen) atoms. The van der Waals surface area contributed by atoms with Crippen LogP contribution < -0.4 is 0 Å². The van der Waals surface area contributed by atoms with E-state index in [9.17, 15) is 4.79 Å². The van der Waals surface area contributed by atoms with Crippen LogP contribution in [0.15, 0.2) is 0 Å². The van der Waals surface area contributed by atoms with Gasteiger partial charge in [0, 0.05) is 0 Å². The topological polar surface area (TPSA) is 26.3 Å². The monoisotopic (exact) mass is 158 g/mol. The molecule has 2 nitrogen and oxygen atoms in total. The van der Waals surface area contributed by atoms with Gasteiger partial charge in [0.2, 0.25) is 0 Å².